The van der Waals surface area contributed by atoms with Gasteiger partial charge in [0.1, 0.15) is 4.90 Å². The van der Waals surface area contributed by atoms with E-state index in [-0.39, 0.29) is 4.90 Å². The molecule has 0 spiro atoms. The number of halogens is 1. The summed E-state index contributed by atoms with van der Waals surface area (Å²) >= 11 is 3.20. The zero-order valence-corrected chi connectivity index (χ0v) is 12.1. The van der Waals surface area contributed by atoms with Gasteiger partial charge in [-0.3, -0.25) is 4.72 Å². The van der Waals surface area contributed by atoms with Gasteiger partial charge in [0.25, 0.3) is 10.0 Å². The number of rotatable bonds is 3. The van der Waals surface area contributed by atoms with E-state index in [4.69, 9.17) is 5.26 Å². The third-order valence-corrected chi connectivity index (χ3v) is 4.76. The van der Waals surface area contributed by atoms with Gasteiger partial charge in [-0.05, 0) is 46.3 Å². The second-order valence-corrected chi connectivity index (χ2v) is 6.23. The predicted molar refractivity (Wildman–Crippen MR) is 76.1 cm³/mol. The molecule has 0 amide bonds. The second-order valence-electron chi connectivity index (χ2n) is 3.73. The molecule has 0 aliphatic heterocycles. The molecule has 96 valence electrons. The number of nitriles is 1. The Hall–Kier alpha value is -1.84. The highest BCUT2D eigenvalue weighted by atomic mass is 79.9. The molecule has 0 atom stereocenters. The molecule has 1 N–H and O–H groups in total. The molecule has 0 unspecified atom stereocenters. The molecule has 0 saturated heterocycles. The van der Waals surface area contributed by atoms with Gasteiger partial charge in [-0.15, -0.1) is 0 Å². The van der Waals surface area contributed by atoms with Gasteiger partial charge < -0.3 is 0 Å². The molecule has 2 aromatic rings. The molecule has 0 heterocycles. The van der Waals surface area contributed by atoms with Crippen LogP contribution in [0.1, 0.15) is 5.56 Å². The maximum atomic E-state index is 12.2. The average Bonchev–Trinajstić information content (AvgIpc) is 2.38. The minimum absolute atomic E-state index is 0.150. The van der Waals surface area contributed by atoms with Crippen molar-refractivity contribution in [2.24, 2.45) is 0 Å². The first-order valence-corrected chi connectivity index (χ1v) is 7.58. The second kappa shape index (κ2) is 5.43. The topological polar surface area (TPSA) is 70.0 Å². The van der Waals surface area contributed by atoms with Crippen molar-refractivity contribution in [3.63, 3.8) is 0 Å². The van der Waals surface area contributed by atoms with Crippen molar-refractivity contribution in [2.75, 3.05) is 4.72 Å². The zero-order valence-electron chi connectivity index (χ0n) is 9.67. The summed E-state index contributed by atoms with van der Waals surface area (Å²) in [5.41, 5.74) is 0.752. The molecule has 0 aliphatic rings. The van der Waals surface area contributed by atoms with Crippen molar-refractivity contribution in [1.29, 1.82) is 5.26 Å². The van der Waals surface area contributed by atoms with Crippen LogP contribution < -0.4 is 4.72 Å². The fourth-order valence-corrected chi connectivity index (χ4v) is 3.58. The van der Waals surface area contributed by atoms with Crippen LogP contribution in [-0.4, -0.2) is 8.42 Å². The summed E-state index contributed by atoms with van der Waals surface area (Å²) in [7, 11) is -3.68. The van der Waals surface area contributed by atoms with Crippen LogP contribution in [0, 0.1) is 11.3 Å². The number of anilines is 1. The molecule has 2 aromatic carbocycles. The van der Waals surface area contributed by atoms with Crippen LogP contribution in [0.15, 0.2) is 57.9 Å². The fraction of sp³-hybridized carbons (Fsp3) is 0. The van der Waals surface area contributed by atoms with E-state index in [0.29, 0.717) is 15.7 Å². The Bertz CT molecular complexity index is 751. The summed E-state index contributed by atoms with van der Waals surface area (Å²) < 4.78 is 27.3. The van der Waals surface area contributed by atoms with Crippen LogP contribution in [0.3, 0.4) is 0 Å². The normalized spacial score (nSPS) is 10.7. The van der Waals surface area contributed by atoms with E-state index in [1.54, 1.807) is 36.4 Å². The lowest BCUT2D eigenvalue weighted by Gasteiger charge is -2.09. The molecule has 0 aromatic heterocycles. The number of hydrogen-bond donors (Lipinski definition) is 1. The van der Waals surface area contributed by atoms with Crippen molar-refractivity contribution in [3.05, 3.63) is 58.6 Å². The number of nitrogens with one attached hydrogen (secondary N) is 1. The van der Waals surface area contributed by atoms with E-state index in [9.17, 15) is 8.42 Å². The van der Waals surface area contributed by atoms with Crippen molar-refractivity contribution >= 4 is 31.6 Å². The van der Waals surface area contributed by atoms with Gasteiger partial charge in [-0.25, -0.2) is 8.42 Å². The average molecular weight is 337 g/mol. The van der Waals surface area contributed by atoms with Crippen molar-refractivity contribution in [2.45, 2.75) is 4.90 Å². The van der Waals surface area contributed by atoms with E-state index in [0.717, 1.165) is 0 Å². The molecule has 19 heavy (non-hydrogen) atoms. The van der Waals surface area contributed by atoms with Gasteiger partial charge in [-0.2, -0.15) is 5.26 Å². The summed E-state index contributed by atoms with van der Waals surface area (Å²) in [6.45, 7) is 0. The quantitative estimate of drug-likeness (QED) is 0.935. The number of benzene rings is 2. The Morgan fingerprint density at radius 2 is 1.84 bits per heavy atom. The Balaban J connectivity index is 2.37. The molecule has 0 radical (unpaired) electrons. The molecule has 4 nitrogen and oxygen atoms in total. The zero-order chi connectivity index (χ0) is 13.9. The third kappa shape index (κ3) is 3.13. The lowest BCUT2D eigenvalue weighted by molar-refractivity contribution is 0.601. The van der Waals surface area contributed by atoms with Gasteiger partial charge >= 0.3 is 0 Å². The van der Waals surface area contributed by atoms with Gasteiger partial charge in [-0.1, -0.05) is 18.2 Å². The van der Waals surface area contributed by atoms with Crippen LogP contribution in [0.25, 0.3) is 0 Å². The first-order chi connectivity index (χ1) is 9.03. The fourth-order valence-electron chi connectivity index (χ4n) is 1.53. The number of sulfonamides is 1. The summed E-state index contributed by atoms with van der Waals surface area (Å²) in [4.78, 5) is 0.150. The minimum atomic E-state index is -3.68. The van der Waals surface area contributed by atoms with Crippen molar-refractivity contribution < 1.29 is 8.42 Å². The Morgan fingerprint density at radius 3 is 2.53 bits per heavy atom. The van der Waals surface area contributed by atoms with E-state index >= 15 is 0 Å². The van der Waals surface area contributed by atoms with Gasteiger partial charge in [0, 0.05) is 4.47 Å². The van der Waals surface area contributed by atoms with E-state index in [1.807, 2.05) is 6.07 Å². The summed E-state index contributed by atoms with van der Waals surface area (Å²) in [5.74, 6) is 0. The lowest BCUT2D eigenvalue weighted by atomic mass is 10.2. The van der Waals surface area contributed by atoms with Crippen LogP contribution in [0.2, 0.25) is 0 Å². The molecule has 0 aliphatic carbocycles. The third-order valence-electron chi connectivity index (χ3n) is 2.37. The highest BCUT2D eigenvalue weighted by Crippen LogP contribution is 2.23. The van der Waals surface area contributed by atoms with Crippen LogP contribution in [0.4, 0.5) is 5.69 Å². The molecule has 0 bridgehead atoms. The van der Waals surface area contributed by atoms with Crippen molar-refractivity contribution in [3.8, 4) is 6.07 Å². The smallest absolute Gasteiger partial charge is 0.263 e. The number of nitrogens with zero attached hydrogens (tertiary/aromatic N) is 1. The molecule has 6 heteroatoms. The van der Waals surface area contributed by atoms with Crippen LogP contribution in [-0.2, 0) is 10.0 Å². The first kappa shape index (κ1) is 13.6. The first-order valence-electron chi connectivity index (χ1n) is 5.30. The molecular formula is C13H9BrN2O2S. The largest absolute Gasteiger partial charge is 0.280 e. The molecule has 0 saturated carbocycles. The summed E-state index contributed by atoms with van der Waals surface area (Å²) in [6, 6.07) is 14.8. The SMILES string of the molecule is N#Cc1cccc(NS(=O)(=O)c2ccccc2Br)c1. The van der Waals surface area contributed by atoms with Gasteiger partial charge in [0.15, 0.2) is 0 Å². The maximum Gasteiger partial charge on any atom is 0.263 e. The lowest BCUT2D eigenvalue weighted by Crippen LogP contribution is -2.13. The van der Waals surface area contributed by atoms with Crippen LogP contribution >= 0.6 is 15.9 Å². The predicted octanol–water partition coefficient (Wildman–Crippen LogP) is 3.12. The van der Waals surface area contributed by atoms with Gasteiger partial charge in [0.05, 0.1) is 17.3 Å². The van der Waals surface area contributed by atoms with E-state index in [2.05, 4.69) is 20.7 Å². The molecular weight excluding hydrogens is 328 g/mol. The van der Waals surface area contributed by atoms with Crippen LogP contribution in [0.5, 0.6) is 0 Å². The Morgan fingerprint density at radius 1 is 1.11 bits per heavy atom. The van der Waals surface area contributed by atoms with E-state index < -0.39 is 10.0 Å². The standard InChI is InChI=1S/C13H9BrN2O2S/c14-12-6-1-2-7-13(12)19(17,18)16-11-5-3-4-10(8-11)9-15/h1-8,16H. The maximum absolute atomic E-state index is 12.2. The Kier molecular flexibility index (Phi) is 3.88. The van der Waals surface area contributed by atoms with Gasteiger partial charge in [0.2, 0.25) is 0 Å². The van der Waals surface area contributed by atoms with Crippen molar-refractivity contribution in [1.82, 2.24) is 0 Å². The Labute approximate surface area is 119 Å². The highest BCUT2D eigenvalue weighted by molar-refractivity contribution is 9.10. The monoisotopic (exact) mass is 336 g/mol. The molecule has 2 rings (SSSR count). The minimum Gasteiger partial charge on any atom is -0.280 e. The summed E-state index contributed by atoms with van der Waals surface area (Å²) in [6.07, 6.45) is 0. The summed E-state index contributed by atoms with van der Waals surface area (Å²) in [5, 5.41) is 8.79. The number of hydrogen-bond acceptors (Lipinski definition) is 3. The van der Waals surface area contributed by atoms with E-state index in [1.165, 1.54) is 12.1 Å². The highest BCUT2D eigenvalue weighted by Gasteiger charge is 2.17. The molecule has 0 fully saturated rings.